The molecule has 0 bridgehead atoms. The van der Waals surface area contributed by atoms with E-state index in [1.54, 1.807) is 0 Å². The number of ketones is 1. The molecule has 1 aromatic heterocycles. The van der Waals surface area contributed by atoms with Crippen molar-refractivity contribution >= 4 is 27.5 Å². The van der Waals surface area contributed by atoms with Crippen LogP contribution in [0.4, 0.5) is 4.39 Å². The van der Waals surface area contributed by atoms with Crippen LogP contribution >= 0.6 is 0 Å². The third-order valence-electron chi connectivity index (χ3n) is 7.23. The number of hydrogen-bond donors (Lipinski definition) is 1. The standard InChI is InChI=1S/C28H30N.C9H15FO2.Ir/c1-27(2,3)18-21-17-26(29-25-14-10-9-13-23(21)25)20-15-19-11-7-8-12-22(19)24(16-20)28(4,5)6;1-3-7(4-2)9(12)5-8(11)6-10;/h7-14,16-17H,18H2,1-6H3;5,7,12H,3-4,6H2,1-2H3;/q-1;;/b;9-5-;. The van der Waals surface area contributed by atoms with Crippen molar-refractivity contribution in [3.05, 3.63) is 89.7 Å². The van der Waals surface area contributed by atoms with E-state index in [1.807, 2.05) is 13.8 Å². The number of alkyl halides is 1. The van der Waals surface area contributed by atoms with Crippen molar-refractivity contribution in [3.8, 4) is 11.3 Å². The number of aliphatic hydroxyl groups is 1. The fraction of sp³-hybridized carbons (Fsp3) is 0.405. The van der Waals surface area contributed by atoms with Crippen LogP contribution in [0.3, 0.4) is 0 Å². The van der Waals surface area contributed by atoms with Crippen molar-refractivity contribution in [2.24, 2.45) is 11.3 Å². The van der Waals surface area contributed by atoms with E-state index in [0.717, 1.165) is 47.5 Å². The molecule has 0 aliphatic rings. The molecule has 0 saturated carbocycles. The van der Waals surface area contributed by atoms with Crippen molar-refractivity contribution in [2.75, 3.05) is 6.67 Å². The van der Waals surface area contributed by atoms with E-state index in [-0.39, 0.29) is 42.6 Å². The Morgan fingerprint density at radius 1 is 0.952 bits per heavy atom. The van der Waals surface area contributed by atoms with E-state index >= 15 is 0 Å². The smallest absolute Gasteiger partial charge is 0.189 e. The van der Waals surface area contributed by atoms with Gasteiger partial charge in [-0.05, 0) is 41.7 Å². The van der Waals surface area contributed by atoms with Gasteiger partial charge in [0.15, 0.2) is 12.5 Å². The first kappa shape index (κ1) is 35.3. The quantitative estimate of drug-likeness (QED) is 0.116. The predicted molar refractivity (Wildman–Crippen MR) is 171 cm³/mol. The first-order valence-electron chi connectivity index (χ1n) is 14.6. The molecule has 0 amide bonds. The maximum absolute atomic E-state index is 11.7. The van der Waals surface area contributed by atoms with Crippen LogP contribution in [0.15, 0.2) is 72.5 Å². The number of para-hydroxylation sites is 1. The molecule has 3 nitrogen and oxygen atoms in total. The summed E-state index contributed by atoms with van der Waals surface area (Å²) in [5.41, 5.74) is 6.11. The minimum atomic E-state index is -1.04. The molecule has 0 saturated heterocycles. The van der Waals surface area contributed by atoms with E-state index in [9.17, 15) is 14.3 Å². The first-order valence-corrected chi connectivity index (χ1v) is 14.6. The molecular formula is C37H45FIrNO2-. The predicted octanol–water partition coefficient (Wildman–Crippen LogP) is 10.1. The summed E-state index contributed by atoms with van der Waals surface area (Å²) in [5.74, 6) is -0.678. The van der Waals surface area contributed by atoms with Crippen LogP contribution in [0.5, 0.6) is 0 Å². The van der Waals surface area contributed by atoms with E-state index in [1.165, 1.54) is 21.9 Å². The number of pyridine rings is 1. The molecule has 1 heterocycles. The summed E-state index contributed by atoms with van der Waals surface area (Å²) in [6, 6.07) is 25.3. The minimum Gasteiger partial charge on any atom is -0.512 e. The van der Waals surface area contributed by atoms with Crippen LogP contribution in [0.25, 0.3) is 32.9 Å². The summed E-state index contributed by atoms with van der Waals surface area (Å²) in [7, 11) is 0. The Hall–Kier alpha value is -2.88. The van der Waals surface area contributed by atoms with Gasteiger partial charge < -0.3 is 5.11 Å². The van der Waals surface area contributed by atoms with E-state index < -0.39 is 12.5 Å². The number of carbonyl (C=O) groups is 1. The van der Waals surface area contributed by atoms with E-state index in [4.69, 9.17) is 4.98 Å². The molecular weight excluding hydrogens is 702 g/mol. The molecule has 0 fully saturated rings. The third-order valence-corrected chi connectivity index (χ3v) is 7.23. The van der Waals surface area contributed by atoms with Gasteiger partial charge in [-0.25, -0.2) is 4.39 Å². The van der Waals surface area contributed by atoms with Crippen LogP contribution in [-0.4, -0.2) is 22.5 Å². The molecule has 0 atom stereocenters. The Bertz CT molecular complexity index is 1520. The van der Waals surface area contributed by atoms with Crippen molar-refractivity contribution in [1.29, 1.82) is 0 Å². The van der Waals surface area contributed by atoms with Gasteiger partial charge in [-0.3, -0.25) is 9.78 Å². The van der Waals surface area contributed by atoms with Gasteiger partial charge in [0.25, 0.3) is 0 Å². The maximum Gasteiger partial charge on any atom is 0.189 e. The number of aromatic nitrogens is 1. The summed E-state index contributed by atoms with van der Waals surface area (Å²) < 4.78 is 11.7. The largest absolute Gasteiger partial charge is 0.512 e. The zero-order chi connectivity index (χ0) is 30.4. The van der Waals surface area contributed by atoms with Crippen molar-refractivity contribution < 1.29 is 34.4 Å². The summed E-state index contributed by atoms with van der Waals surface area (Å²) >= 11 is 0. The Morgan fingerprint density at radius 2 is 1.55 bits per heavy atom. The molecule has 42 heavy (non-hydrogen) atoms. The number of fused-ring (bicyclic) bond motifs is 2. The van der Waals surface area contributed by atoms with Crippen molar-refractivity contribution in [3.63, 3.8) is 0 Å². The molecule has 0 aliphatic heterocycles. The zero-order valence-electron chi connectivity index (χ0n) is 26.3. The van der Waals surface area contributed by atoms with Gasteiger partial charge in [0, 0.05) is 43.2 Å². The minimum absolute atomic E-state index is 0. The van der Waals surface area contributed by atoms with Gasteiger partial charge in [0.2, 0.25) is 0 Å². The molecule has 4 rings (SSSR count). The van der Waals surface area contributed by atoms with Crippen LogP contribution in [-0.2, 0) is 36.7 Å². The van der Waals surface area contributed by atoms with Gasteiger partial charge in [-0.2, -0.15) is 0 Å². The number of allylic oxidation sites excluding steroid dienone is 2. The molecule has 3 aromatic carbocycles. The number of nitrogens with zero attached hydrogens (tertiary/aromatic N) is 1. The Balaban J connectivity index is 0.000000405. The molecule has 4 aromatic rings. The Labute approximate surface area is 265 Å². The van der Waals surface area contributed by atoms with Crippen LogP contribution in [0.1, 0.15) is 79.4 Å². The molecule has 1 N–H and O–H groups in total. The Kier molecular flexibility index (Phi) is 12.6. The number of rotatable bonds is 7. The summed E-state index contributed by atoms with van der Waals surface area (Å²) in [5, 5.41) is 13.0. The van der Waals surface area contributed by atoms with Gasteiger partial charge in [-0.15, -0.1) is 29.1 Å². The number of carbonyl (C=O) groups excluding carboxylic acids is 1. The molecule has 0 spiro atoms. The van der Waals surface area contributed by atoms with E-state index in [2.05, 4.69) is 108 Å². The first-order chi connectivity index (χ1) is 19.3. The maximum atomic E-state index is 11.7. The van der Waals surface area contributed by atoms with Crippen LogP contribution in [0.2, 0.25) is 0 Å². The van der Waals surface area contributed by atoms with Crippen LogP contribution in [0, 0.1) is 17.4 Å². The van der Waals surface area contributed by atoms with Gasteiger partial charge in [-0.1, -0.05) is 109 Å². The average molecular weight is 747 g/mol. The second-order valence-corrected chi connectivity index (χ2v) is 13.0. The topological polar surface area (TPSA) is 50.2 Å². The van der Waals surface area contributed by atoms with Crippen molar-refractivity contribution in [2.45, 2.75) is 80.1 Å². The monoisotopic (exact) mass is 747 g/mol. The molecule has 1 radical (unpaired) electrons. The molecule has 0 unspecified atom stereocenters. The second-order valence-electron chi connectivity index (χ2n) is 13.0. The average Bonchev–Trinajstić information content (AvgIpc) is 2.92. The van der Waals surface area contributed by atoms with Gasteiger partial charge in [0.05, 0.1) is 11.3 Å². The number of hydrogen-bond acceptors (Lipinski definition) is 3. The molecule has 0 aliphatic carbocycles. The number of halogens is 1. The van der Waals surface area contributed by atoms with Gasteiger partial charge in [0.1, 0.15) is 0 Å². The van der Waals surface area contributed by atoms with E-state index in [0.29, 0.717) is 0 Å². The third kappa shape index (κ3) is 9.31. The van der Waals surface area contributed by atoms with Crippen LogP contribution < -0.4 is 0 Å². The summed E-state index contributed by atoms with van der Waals surface area (Å²) in [4.78, 5) is 15.6. The normalized spacial score (nSPS) is 12.2. The fourth-order valence-electron chi connectivity index (χ4n) is 5.12. The van der Waals surface area contributed by atoms with Crippen molar-refractivity contribution in [1.82, 2.24) is 4.98 Å². The fourth-order valence-corrected chi connectivity index (χ4v) is 5.12. The second kappa shape index (κ2) is 15.0. The summed E-state index contributed by atoms with van der Waals surface area (Å²) in [6.07, 6.45) is 3.53. The number of aliphatic hydroxyl groups excluding tert-OH is 1. The summed E-state index contributed by atoms with van der Waals surface area (Å²) in [6.45, 7) is 16.5. The Morgan fingerprint density at radius 3 is 2.12 bits per heavy atom. The number of benzene rings is 3. The zero-order valence-corrected chi connectivity index (χ0v) is 28.7. The molecule has 5 heteroatoms. The SMILES string of the molecule is CC(C)(C)Cc1cc(-c2[c-]c3ccccc3c(C(C)(C)C)c2)nc2ccccc12.CCC(CC)/C(O)=C/C(=O)CF.[Ir]. The van der Waals surface area contributed by atoms with Gasteiger partial charge >= 0.3 is 0 Å². The molecule has 227 valence electrons.